The van der Waals surface area contributed by atoms with Crippen LogP contribution in [0.1, 0.15) is 60.8 Å². The van der Waals surface area contributed by atoms with Crippen molar-refractivity contribution in [2.75, 3.05) is 72.8 Å². The van der Waals surface area contributed by atoms with Crippen molar-refractivity contribution >= 4 is 11.9 Å². The van der Waals surface area contributed by atoms with E-state index in [4.69, 9.17) is 23.7 Å². The zero-order valence-corrected chi connectivity index (χ0v) is 22.7. The molecule has 0 aromatic carbocycles. The third-order valence-electron chi connectivity index (χ3n) is 5.15. The van der Waals surface area contributed by atoms with Crippen molar-refractivity contribution in [3.05, 3.63) is 0 Å². The lowest BCUT2D eigenvalue weighted by atomic mass is 10.3. The minimum absolute atomic E-state index is 0.155. The maximum absolute atomic E-state index is 12.1. The first-order valence-corrected chi connectivity index (χ1v) is 12.9. The number of nitrogens with zero attached hydrogens (tertiary/aromatic N) is 2. The van der Waals surface area contributed by atoms with Gasteiger partial charge in [0.2, 0.25) is 0 Å². The van der Waals surface area contributed by atoms with Crippen LogP contribution in [0, 0.1) is 0 Å². The van der Waals surface area contributed by atoms with Crippen LogP contribution < -0.4 is 0 Å². The Bertz CT molecular complexity index is 515. The van der Waals surface area contributed by atoms with E-state index in [1.54, 1.807) is 6.92 Å². The number of carbonyl (C=O) groups excluding carboxylic acids is 2. The van der Waals surface area contributed by atoms with Gasteiger partial charge in [-0.2, -0.15) is 0 Å². The zero-order chi connectivity index (χ0) is 25.8. The number of carbonyl (C=O) groups is 2. The molecule has 1 aliphatic heterocycles. The average molecular weight is 491 g/mol. The maximum Gasteiger partial charge on any atom is 0.307 e. The Morgan fingerprint density at radius 3 is 2.12 bits per heavy atom. The lowest BCUT2D eigenvalue weighted by Gasteiger charge is -2.27. The second-order valence-corrected chi connectivity index (χ2v) is 8.49. The number of esters is 2. The van der Waals surface area contributed by atoms with Gasteiger partial charge in [-0.25, -0.2) is 0 Å². The second kappa shape index (κ2) is 21.1. The molecule has 0 aliphatic carbocycles. The molecular weight excluding hydrogens is 440 g/mol. The highest BCUT2D eigenvalue weighted by Crippen LogP contribution is 2.04. The summed E-state index contributed by atoms with van der Waals surface area (Å²) >= 11 is 0. The van der Waals surface area contributed by atoms with Crippen LogP contribution in [-0.2, 0) is 33.3 Å². The van der Waals surface area contributed by atoms with E-state index in [2.05, 4.69) is 9.80 Å². The summed E-state index contributed by atoms with van der Waals surface area (Å²) in [5.74, 6) is -0.448. The van der Waals surface area contributed by atoms with Crippen LogP contribution in [0.5, 0.6) is 0 Å². The Balaban J connectivity index is 0.00000529. The van der Waals surface area contributed by atoms with Crippen molar-refractivity contribution in [3.8, 4) is 0 Å². The summed E-state index contributed by atoms with van der Waals surface area (Å²) in [4.78, 5) is 27.8. The van der Waals surface area contributed by atoms with Gasteiger partial charge < -0.3 is 28.6 Å². The van der Waals surface area contributed by atoms with E-state index in [0.717, 1.165) is 45.8 Å². The molecule has 9 heteroatoms. The molecule has 1 saturated heterocycles. The van der Waals surface area contributed by atoms with Gasteiger partial charge in [-0.15, -0.1) is 0 Å². The van der Waals surface area contributed by atoms with Gasteiger partial charge in [0, 0.05) is 26.1 Å². The Labute approximate surface area is 207 Å². The molecule has 9 nitrogen and oxygen atoms in total. The largest absolute Gasteiger partial charge is 0.463 e. The summed E-state index contributed by atoms with van der Waals surface area (Å²) in [7, 11) is 2.03. The third kappa shape index (κ3) is 18.1. The monoisotopic (exact) mass is 490 g/mol. The third-order valence-corrected chi connectivity index (χ3v) is 5.15. The fourth-order valence-electron chi connectivity index (χ4n) is 3.11. The molecular formula is C25H50N2O7. The molecule has 0 N–H and O–H groups in total. The summed E-state index contributed by atoms with van der Waals surface area (Å²) in [5, 5.41) is 0. The molecule has 34 heavy (non-hydrogen) atoms. The standard InChI is InChI=1S/C23H44N2O7.C2H6/c1-6-22(26)31-17-20(3)29-16-19(2)30-18-21(4)32-23(27)8-11-24(5)9-7-10-25-12-14-28-15-13-25;1-2/h19-21H,6-18H2,1-5H3;1-2H3. The second-order valence-electron chi connectivity index (χ2n) is 8.49. The van der Waals surface area contributed by atoms with Crippen molar-refractivity contribution in [1.29, 1.82) is 0 Å². The maximum atomic E-state index is 12.1. The molecule has 0 spiro atoms. The van der Waals surface area contributed by atoms with Crippen LogP contribution >= 0.6 is 0 Å². The van der Waals surface area contributed by atoms with Gasteiger partial charge in [0.05, 0.1) is 45.1 Å². The number of rotatable bonds is 17. The highest BCUT2D eigenvalue weighted by molar-refractivity contribution is 5.69. The molecule has 1 heterocycles. The van der Waals surface area contributed by atoms with Crippen LogP contribution in [0.25, 0.3) is 0 Å². The van der Waals surface area contributed by atoms with E-state index in [-0.39, 0.29) is 36.9 Å². The van der Waals surface area contributed by atoms with E-state index in [1.165, 1.54) is 0 Å². The number of hydrogen-bond acceptors (Lipinski definition) is 9. The number of hydrogen-bond donors (Lipinski definition) is 0. The average Bonchev–Trinajstić information content (AvgIpc) is 2.85. The molecule has 0 aromatic rings. The topological polar surface area (TPSA) is 86.8 Å². The van der Waals surface area contributed by atoms with Crippen LogP contribution in [0.2, 0.25) is 0 Å². The molecule has 0 aromatic heterocycles. The summed E-state index contributed by atoms with van der Waals surface area (Å²) in [6, 6.07) is 0. The smallest absolute Gasteiger partial charge is 0.307 e. The van der Waals surface area contributed by atoms with E-state index in [9.17, 15) is 9.59 Å². The first-order chi connectivity index (χ1) is 16.3. The van der Waals surface area contributed by atoms with Crippen molar-refractivity contribution < 1.29 is 33.3 Å². The Morgan fingerprint density at radius 2 is 1.50 bits per heavy atom. The summed E-state index contributed by atoms with van der Waals surface area (Å²) in [6.45, 7) is 18.6. The van der Waals surface area contributed by atoms with Gasteiger partial charge >= 0.3 is 11.9 Å². The first-order valence-electron chi connectivity index (χ1n) is 12.9. The number of morpholine rings is 1. The van der Waals surface area contributed by atoms with Crippen molar-refractivity contribution in [2.45, 2.75) is 79.1 Å². The summed E-state index contributed by atoms with van der Waals surface area (Å²) in [5.41, 5.74) is 0. The van der Waals surface area contributed by atoms with E-state index >= 15 is 0 Å². The van der Waals surface area contributed by atoms with E-state index in [0.29, 0.717) is 32.6 Å². The van der Waals surface area contributed by atoms with Crippen LogP contribution in [0.15, 0.2) is 0 Å². The summed E-state index contributed by atoms with van der Waals surface area (Å²) in [6.07, 6.45) is 1.13. The molecule has 3 atom stereocenters. The van der Waals surface area contributed by atoms with Crippen LogP contribution in [0.3, 0.4) is 0 Å². The lowest BCUT2D eigenvalue weighted by Crippen LogP contribution is -2.38. The van der Waals surface area contributed by atoms with E-state index in [1.807, 2.05) is 41.7 Å². The van der Waals surface area contributed by atoms with Crippen LogP contribution in [0.4, 0.5) is 0 Å². The minimum Gasteiger partial charge on any atom is -0.463 e. The van der Waals surface area contributed by atoms with Gasteiger partial charge in [0.15, 0.2) is 0 Å². The predicted molar refractivity (Wildman–Crippen MR) is 133 cm³/mol. The first kappa shape index (κ1) is 32.7. The summed E-state index contributed by atoms with van der Waals surface area (Å²) < 4.78 is 27.2. The van der Waals surface area contributed by atoms with E-state index < -0.39 is 0 Å². The van der Waals surface area contributed by atoms with Crippen molar-refractivity contribution in [1.82, 2.24) is 9.80 Å². The quantitative estimate of drug-likeness (QED) is 0.286. The van der Waals surface area contributed by atoms with Crippen LogP contribution in [-0.4, -0.2) is 113 Å². The molecule has 0 bridgehead atoms. The minimum atomic E-state index is -0.320. The highest BCUT2D eigenvalue weighted by atomic mass is 16.6. The zero-order valence-electron chi connectivity index (χ0n) is 22.7. The van der Waals surface area contributed by atoms with Crippen molar-refractivity contribution in [3.63, 3.8) is 0 Å². The Hall–Kier alpha value is -1.26. The SMILES string of the molecule is CC.CCC(=O)OCC(C)OCC(C)OCC(C)OC(=O)CCN(C)CCCN1CCOCC1. The highest BCUT2D eigenvalue weighted by Gasteiger charge is 2.15. The van der Waals surface area contributed by atoms with Crippen molar-refractivity contribution in [2.24, 2.45) is 0 Å². The van der Waals surface area contributed by atoms with Gasteiger partial charge in [-0.05, 0) is 47.3 Å². The molecule has 0 amide bonds. The van der Waals surface area contributed by atoms with Gasteiger partial charge in [-0.1, -0.05) is 20.8 Å². The van der Waals surface area contributed by atoms with Gasteiger partial charge in [-0.3, -0.25) is 14.5 Å². The predicted octanol–water partition coefficient (Wildman–Crippen LogP) is 2.75. The normalized spacial score (nSPS) is 16.8. The molecule has 1 fully saturated rings. The molecule has 202 valence electrons. The molecule has 0 saturated carbocycles. The van der Waals surface area contributed by atoms with Gasteiger partial charge in [0.25, 0.3) is 0 Å². The Kier molecular flexibility index (Phi) is 20.3. The molecule has 3 unspecified atom stereocenters. The van der Waals surface area contributed by atoms with Gasteiger partial charge in [0.1, 0.15) is 12.7 Å². The Morgan fingerprint density at radius 1 is 0.912 bits per heavy atom. The molecule has 0 radical (unpaired) electrons. The fraction of sp³-hybridized carbons (Fsp3) is 0.920. The molecule has 1 aliphatic rings. The molecule has 1 rings (SSSR count). The number of ether oxygens (including phenoxy) is 5. The fourth-order valence-corrected chi connectivity index (χ4v) is 3.11. The lowest BCUT2D eigenvalue weighted by molar-refractivity contribution is -0.154.